The van der Waals surface area contributed by atoms with Crippen molar-refractivity contribution in [3.8, 4) is 0 Å². The Morgan fingerprint density at radius 2 is 2.10 bits per heavy atom. The molecule has 3 heteroatoms. The number of carbonyl (C=O) groups excluding carboxylic acids is 2. The summed E-state index contributed by atoms with van der Waals surface area (Å²) in [7, 11) is 0. The number of ketones is 2. The van der Waals surface area contributed by atoms with E-state index in [0.29, 0.717) is 5.76 Å². The molecule has 0 bridgehead atoms. The zero-order valence-electron chi connectivity index (χ0n) is 5.88. The van der Waals surface area contributed by atoms with Crippen molar-refractivity contribution < 1.29 is 14.3 Å². The molecule has 0 fully saturated rings. The third kappa shape index (κ3) is 1.07. The van der Waals surface area contributed by atoms with Gasteiger partial charge in [0.15, 0.2) is 6.10 Å². The lowest BCUT2D eigenvalue weighted by molar-refractivity contribution is -0.141. The molecule has 0 aromatic rings. The first-order valence-corrected chi connectivity index (χ1v) is 3.04. The van der Waals surface area contributed by atoms with Crippen molar-refractivity contribution in [3.63, 3.8) is 0 Å². The first kappa shape index (κ1) is 6.99. The second-order valence-electron chi connectivity index (χ2n) is 2.24. The van der Waals surface area contributed by atoms with Gasteiger partial charge in [-0.25, -0.2) is 0 Å². The van der Waals surface area contributed by atoms with Gasteiger partial charge in [-0.15, -0.1) is 0 Å². The predicted molar refractivity (Wildman–Crippen MR) is 34.3 cm³/mol. The Hall–Kier alpha value is -1.12. The van der Waals surface area contributed by atoms with E-state index in [1.807, 2.05) is 0 Å². The van der Waals surface area contributed by atoms with Crippen molar-refractivity contribution in [2.75, 3.05) is 0 Å². The second kappa shape index (κ2) is 2.25. The fourth-order valence-electron chi connectivity index (χ4n) is 0.822. The molecule has 10 heavy (non-hydrogen) atoms. The highest BCUT2D eigenvalue weighted by molar-refractivity contribution is 6.43. The molecule has 1 unspecified atom stereocenters. The Balaban J connectivity index is 2.89. The number of Topliss-reactive ketones (excluding diaryl/α,β-unsaturated/α-hetero) is 1. The van der Waals surface area contributed by atoms with E-state index in [9.17, 15) is 9.59 Å². The normalized spacial score (nSPS) is 25.8. The smallest absolute Gasteiger partial charge is 0.242 e. The van der Waals surface area contributed by atoms with Crippen molar-refractivity contribution in [3.05, 3.63) is 11.8 Å². The minimum Gasteiger partial charge on any atom is -0.487 e. The Bertz CT molecular complexity index is 215. The van der Waals surface area contributed by atoms with E-state index < -0.39 is 17.7 Å². The first-order chi connectivity index (χ1) is 4.61. The molecular formula is C7H8O3. The number of hydrogen-bond donors (Lipinski definition) is 0. The highest BCUT2D eigenvalue weighted by Crippen LogP contribution is 2.09. The highest BCUT2D eigenvalue weighted by Gasteiger charge is 2.25. The topological polar surface area (TPSA) is 43.4 Å². The molecule has 0 aliphatic carbocycles. The zero-order valence-corrected chi connectivity index (χ0v) is 5.88. The van der Waals surface area contributed by atoms with Gasteiger partial charge in [0.05, 0.1) is 5.76 Å². The van der Waals surface area contributed by atoms with Crippen molar-refractivity contribution >= 4 is 11.6 Å². The van der Waals surface area contributed by atoms with Crippen molar-refractivity contribution in [1.29, 1.82) is 0 Å². The van der Waals surface area contributed by atoms with Gasteiger partial charge >= 0.3 is 0 Å². The van der Waals surface area contributed by atoms with Crippen LogP contribution in [0.4, 0.5) is 0 Å². The standard InChI is InChI=1S/C7H8O3/c1-4-3-6(8)7(9)5(2)10-4/h3,5H,1-2H3. The van der Waals surface area contributed by atoms with Gasteiger partial charge in [0.1, 0.15) is 0 Å². The molecule has 1 atom stereocenters. The Morgan fingerprint density at radius 1 is 1.50 bits per heavy atom. The van der Waals surface area contributed by atoms with Crippen LogP contribution in [0.5, 0.6) is 0 Å². The van der Waals surface area contributed by atoms with E-state index >= 15 is 0 Å². The molecule has 54 valence electrons. The van der Waals surface area contributed by atoms with Crippen LogP contribution in [0, 0.1) is 0 Å². The van der Waals surface area contributed by atoms with E-state index in [4.69, 9.17) is 4.74 Å². The van der Waals surface area contributed by atoms with Crippen LogP contribution in [-0.2, 0) is 14.3 Å². The SMILES string of the molecule is CC1=CC(=O)C(=O)C(C)O1. The van der Waals surface area contributed by atoms with Crippen LogP contribution in [0.15, 0.2) is 11.8 Å². The Labute approximate surface area is 58.7 Å². The average molecular weight is 140 g/mol. The van der Waals surface area contributed by atoms with E-state index in [1.54, 1.807) is 13.8 Å². The maximum absolute atomic E-state index is 10.8. The van der Waals surface area contributed by atoms with Gasteiger partial charge in [-0.3, -0.25) is 9.59 Å². The predicted octanol–water partition coefficient (Wildman–Crippen LogP) is 0.447. The minimum atomic E-state index is -0.600. The Kier molecular flexibility index (Phi) is 1.57. The third-order valence-corrected chi connectivity index (χ3v) is 1.31. The van der Waals surface area contributed by atoms with Crippen LogP contribution >= 0.6 is 0 Å². The molecule has 0 aromatic carbocycles. The largest absolute Gasteiger partial charge is 0.487 e. The van der Waals surface area contributed by atoms with E-state index in [1.165, 1.54) is 6.08 Å². The van der Waals surface area contributed by atoms with Crippen LogP contribution in [0.3, 0.4) is 0 Å². The number of carbonyl (C=O) groups is 2. The lowest BCUT2D eigenvalue weighted by Gasteiger charge is -2.16. The average Bonchev–Trinajstić information content (AvgIpc) is 1.82. The maximum atomic E-state index is 10.8. The van der Waals surface area contributed by atoms with Crippen molar-refractivity contribution in [1.82, 2.24) is 0 Å². The highest BCUT2D eigenvalue weighted by atomic mass is 16.5. The quantitative estimate of drug-likeness (QED) is 0.459. The molecule has 1 aliphatic heterocycles. The fourth-order valence-corrected chi connectivity index (χ4v) is 0.822. The summed E-state index contributed by atoms with van der Waals surface area (Å²) in [6.45, 7) is 3.22. The fraction of sp³-hybridized carbons (Fsp3) is 0.429. The number of hydrogen-bond acceptors (Lipinski definition) is 3. The van der Waals surface area contributed by atoms with Gasteiger partial charge in [0, 0.05) is 6.08 Å². The minimum absolute atomic E-state index is 0.462. The first-order valence-electron chi connectivity index (χ1n) is 3.04. The molecule has 3 nitrogen and oxygen atoms in total. The summed E-state index contributed by atoms with van der Waals surface area (Å²) in [5.74, 6) is -0.418. The van der Waals surface area contributed by atoms with Gasteiger partial charge in [-0.1, -0.05) is 0 Å². The molecule has 0 aromatic heterocycles. The molecule has 0 saturated heterocycles. The van der Waals surface area contributed by atoms with Crippen LogP contribution in [0.25, 0.3) is 0 Å². The van der Waals surface area contributed by atoms with Crippen LogP contribution in [0.2, 0.25) is 0 Å². The van der Waals surface area contributed by atoms with Crippen molar-refractivity contribution in [2.24, 2.45) is 0 Å². The monoisotopic (exact) mass is 140 g/mol. The molecule has 1 heterocycles. The summed E-state index contributed by atoms with van der Waals surface area (Å²) in [5.41, 5.74) is 0. The summed E-state index contributed by atoms with van der Waals surface area (Å²) in [5, 5.41) is 0. The zero-order chi connectivity index (χ0) is 7.72. The number of rotatable bonds is 0. The van der Waals surface area contributed by atoms with Gasteiger partial charge in [0.25, 0.3) is 0 Å². The number of ether oxygens (including phenoxy) is 1. The van der Waals surface area contributed by atoms with Crippen LogP contribution < -0.4 is 0 Å². The van der Waals surface area contributed by atoms with Gasteiger partial charge in [-0.05, 0) is 13.8 Å². The summed E-state index contributed by atoms with van der Waals surface area (Å²) in [4.78, 5) is 21.5. The lowest BCUT2D eigenvalue weighted by Crippen LogP contribution is -2.30. The van der Waals surface area contributed by atoms with Crippen LogP contribution in [0.1, 0.15) is 13.8 Å². The summed E-state index contributed by atoms with van der Waals surface area (Å²) < 4.78 is 4.96. The van der Waals surface area contributed by atoms with Crippen LogP contribution in [-0.4, -0.2) is 17.7 Å². The molecular weight excluding hydrogens is 132 g/mol. The molecule has 1 aliphatic rings. The van der Waals surface area contributed by atoms with Crippen molar-refractivity contribution in [2.45, 2.75) is 20.0 Å². The molecule has 0 amide bonds. The third-order valence-electron chi connectivity index (χ3n) is 1.31. The van der Waals surface area contributed by atoms with Gasteiger partial charge in [0.2, 0.25) is 11.6 Å². The molecule has 1 rings (SSSR count). The second-order valence-corrected chi connectivity index (χ2v) is 2.24. The Morgan fingerprint density at radius 3 is 2.60 bits per heavy atom. The maximum Gasteiger partial charge on any atom is 0.242 e. The van der Waals surface area contributed by atoms with Gasteiger partial charge in [-0.2, -0.15) is 0 Å². The lowest BCUT2D eigenvalue weighted by atomic mass is 10.1. The summed E-state index contributed by atoms with van der Waals surface area (Å²) in [6.07, 6.45) is 0.611. The van der Waals surface area contributed by atoms with E-state index in [2.05, 4.69) is 0 Å². The number of allylic oxidation sites excluding steroid dienone is 2. The van der Waals surface area contributed by atoms with Gasteiger partial charge < -0.3 is 4.74 Å². The molecule has 0 N–H and O–H groups in total. The van der Waals surface area contributed by atoms with E-state index in [0.717, 1.165) is 0 Å². The van der Waals surface area contributed by atoms with E-state index in [-0.39, 0.29) is 0 Å². The summed E-state index contributed by atoms with van der Waals surface area (Å²) >= 11 is 0. The molecule has 0 radical (unpaired) electrons. The molecule has 0 spiro atoms. The summed E-state index contributed by atoms with van der Waals surface area (Å²) in [6, 6.07) is 0. The molecule has 0 saturated carbocycles.